The molecule has 0 aromatic carbocycles. The number of hydrogen-bond acceptors (Lipinski definition) is 10. The molecule has 0 saturated heterocycles. The number of hydrogen-bond donors (Lipinski definition) is 3. The number of aromatic nitrogens is 4. The maximum absolute atomic E-state index is 14.1. The molecule has 0 aliphatic heterocycles. The Labute approximate surface area is 230 Å². The van der Waals surface area contributed by atoms with E-state index in [0.29, 0.717) is 17.7 Å². The molecule has 0 aliphatic carbocycles. The maximum Gasteiger partial charge on any atom is 0.326 e. The molecular formula is C25H44N7O6P. The van der Waals surface area contributed by atoms with Gasteiger partial charge in [0.15, 0.2) is 11.5 Å². The first-order valence-electron chi connectivity index (χ1n) is 13.5. The van der Waals surface area contributed by atoms with Crippen LogP contribution in [0.25, 0.3) is 11.2 Å². The van der Waals surface area contributed by atoms with Gasteiger partial charge in [0.25, 0.3) is 0 Å². The van der Waals surface area contributed by atoms with Gasteiger partial charge in [-0.1, -0.05) is 33.1 Å². The van der Waals surface area contributed by atoms with Crippen LogP contribution in [0, 0.1) is 0 Å². The SMILES string of the molecule is CCCCCOC(=O)C(C)(C)N[P@](=O)(CO[C@H](C)Cn1cnc2c(N)ncnc21)N[C@H](C)C(=O)OCCCC. The van der Waals surface area contributed by atoms with Gasteiger partial charge in [0.05, 0.1) is 32.2 Å². The molecule has 0 radical (unpaired) electrons. The highest BCUT2D eigenvalue weighted by molar-refractivity contribution is 7.59. The molecule has 0 amide bonds. The van der Waals surface area contributed by atoms with Gasteiger partial charge in [-0.15, -0.1) is 0 Å². The summed E-state index contributed by atoms with van der Waals surface area (Å²) in [5, 5.41) is 5.74. The zero-order chi connectivity index (χ0) is 29.1. The largest absolute Gasteiger partial charge is 0.465 e. The lowest BCUT2D eigenvalue weighted by Crippen LogP contribution is -2.50. The molecule has 0 saturated carbocycles. The van der Waals surface area contributed by atoms with Crippen molar-refractivity contribution in [1.82, 2.24) is 29.7 Å². The highest BCUT2D eigenvalue weighted by Crippen LogP contribution is 2.40. The number of carbonyl (C=O) groups excluding carboxylic acids is 2. The molecule has 2 heterocycles. The van der Waals surface area contributed by atoms with Crippen molar-refractivity contribution in [3.63, 3.8) is 0 Å². The van der Waals surface area contributed by atoms with E-state index in [1.165, 1.54) is 6.33 Å². The van der Waals surface area contributed by atoms with Gasteiger partial charge in [-0.3, -0.25) is 14.2 Å². The van der Waals surface area contributed by atoms with Gasteiger partial charge >= 0.3 is 11.9 Å². The summed E-state index contributed by atoms with van der Waals surface area (Å²) < 4.78 is 32.5. The minimum Gasteiger partial charge on any atom is -0.465 e. The summed E-state index contributed by atoms with van der Waals surface area (Å²) in [6.07, 6.45) is 6.47. The van der Waals surface area contributed by atoms with Crippen LogP contribution in [0.2, 0.25) is 0 Å². The smallest absolute Gasteiger partial charge is 0.326 e. The molecule has 4 N–H and O–H groups in total. The summed E-state index contributed by atoms with van der Waals surface area (Å²) in [5.74, 6) is -0.816. The Morgan fingerprint density at radius 1 is 1.08 bits per heavy atom. The molecule has 14 heteroatoms. The van der Waals surface area contributed by atoms with Gasteiger partial charge < -0.3 is 24.5 Å². The molecule has 2 rings (SSSR count). The number of carbonyl (C=O) groups is 2. The Hall–Kier alpha value is -2.60. The molecule has 0 bridgehead atoms. The first-order chi connectivity index (χ1) is 18.4. The number of unbranched alkanes of at least 4 members (excludes halogenated alkanes) is 3. The topological polar surface area (TPSA) is 173 Å². The zero-order valence-electron chi connectivity index (χ0n) is 23.9. The fourth-order valence-electron chi connectivity index (χ4n) is 3.70. The van der Waals surface area contributed by atoms with Crippen molar-refractivity contribution in [2.24, 2.45) is 0 Å². The maximum atomic E-state index is 14.1. The number of ether oxygens (including phenoxy) is 3. The minimum absolute atomic E-state index is 0.272. The molecule has 2 aromatic rings. The van der Waals surface area contributed by atoms with Crippen molar-refractivity contribution >= 4 is 36.4 Å². The Morgan fingerprint density at radius 2 is 1.77 bits per heavy atom. The summed E-state index contributed by atoms with van der Waals surface area (Å²) in [6.45, 7) is 11.5. The second kappa shape index (κ2) is 15.3. The normalized spacial score (nSPS) is 15.0. The van der Waals surface area contributed by atoms with E-state index in [-0.39, 0.29) is 25.4 Å². The summed E-state index contributed by atoms with van der Waals surface area (Å²) in [7, 11) is -3.68. The number of imidazole rings is 1. The number of anilines is 1. The average Bonchev–Trinajstić information content (AvgIpc) is 3.29. The fraction of sp³-hybridized carbons (Fsp3) is 0.720. The van der Waals surface area contributed by atoms with Gasteiger partial charge in [0.1, 0.15) is 29.8 Å². The van der Waals surface area contributed by atoms with Crippen LogP contribution in [-0.2, 0) is 34.9 Å². The van der Waals surface area contributed by atoms with E-state index in [0.717, 1.165) is 32.1 Å². The van der Waals surface area contributed by atoms with Crippen LogP contribution >= 0.6 is 7.44 Å². The molecule has 0 fully saturated rings. The number of fused-ring (bicyclic) bond motifs is 1. The van der Waals surface area contributed by atoms with Crippen LogP contribution in [-0.4, -0.2) is 68.7 Å². The van der Waals surface area contributed by atoms with Crippen LogP contribution in [0.4, 0.5) is 5.82 Å². The van der Waals surface area contributed by atoms with E-state index in [2.05, 4.69) is 32.1 Å². The Bertz CT molecular complexity index is 1130. The second-order valence-electron chi connectivity index (χ2n) is 10.1. The van der Waals surface area contributed by atoms with Crippen LogP contribution < -0.4 is 15.9 Å². The number of nitrogens with two attached hydrogens (primary N) is 1. The second-order valence-corrected chi connectivity index (χ2v) is 12.3. The first-order valence-corrected chi connectivity index (χ1v) is 15.3. The van der Waals surface area contributed by atoms with Crippen molar-refractivity contribution in [2.75, 3.05) is 25.3 Å². The van der Waals surface area contributed by atoms with Crippen molar-refractivity contribution in [3.05, 3.63) is 12.7 Å². The number of esters is 2. The van der Waals surface area contributed by atoms with E-state index in [9.17, 15) is 14.2 Å². The van der Waals surface area contributed by atoms with E-state index in [1.54, 1.807) is 38.6 Å². The predicted octanol–water partition coefficient (Wildman–Crippen LogP) is 3.39. The summed E-state index contributed by atoms with van der Waals surface area (Å²) in [6, 6.07) is -0.910. The summed E-state index contributed by atoms with van der Waals surface area (Å²) >= 11 is 0. The van der Waals surface area contributed by atoms with Crippen LogP contribution in [0.15, 0.2) is 12.7 Å². The molecular weight excluding hydrogens is 525 g/mol. The highest BCUT2D eigenvalue weighted by Gasteiger charge is 2.39. The van der Waals surface area contributed by atoms with Gasteiger partial charge in [-0.2, -0.15) is 0 Å². The molecule has 0 spiro atoms. The lowest BCUT2D eigenvalue weighted by Gasteiger charge is -2.32. The monoisotopic (exact) mass is 569 g/mol. The van der Waals surface area contributed by atoms with Crippen LogP contribution in [0.3, 0.4) is 0 Å². The van der Waals surface area contributed by atoms with Gasteiger partial charge in [-0.25, -0.2) is 25.1 Å². The molecule has 2 aromatic heterocycles. The quantitative estimate of drug-likeness (QED) is 0.136. The Balaban J connectivity index is 2.12. The third kappa shape index (κ3) is 10.1. The van der Waals surface area contributed by atoms with E-state index in [4.69, 9.17) is 19.9 Å². The van der Waals surface area contributed by atoms with Crippen molar-refractivity contribution in [1.29, 1.82) is 0 Å². The standard InChI is InChI=1S/C25H44N7O6P/c1-7-9-11-13-37-24(34)25(5,6)31-39(35,30-19(4)23(33)36-12-10-8-2)17-38-18(3)14-32-16-29-20-21(26)27-15-28-22(20)32/h15-16,18-19H,7-14,17H2,1-6H3,(H2,26,27,28)(H2,30,31,35)/t18-,19-,39+/m1/s1. The third-order valence-electron chi connectivity index (χ3n) is 5.87. The van der Waals surface area contributed by atoms with Crippen molar-refractivity contribution in [2.45, 2.75) is 97.9 Å². The molecule has 0 aliphatic rings. The molecule has 3 atom stereocenters. The fourth-order valence-corrected chi connectivity index (χ4v) is 6.09. The number of nitrogens with zero attached hydrogens (tertiary/aromatic N) is 4. The van der Waals surface area contributed by atoms with Crippen LogP contribution in [0.1, 0.15) is 73.6 Å². The number of nitrogen functional groups attached to an aromatic ring is 1. The minimum atomic E-state index is -3.68. The number of rotatable bonds is 18. The van der Waals surface area contributed by atoms with E-state index >= 15 is 0 Å². The van der Waals surface area contributed by atoms with Gasteiger partial charge in [0.2, 0.25) is 7.44 Å². The van der Waals surface area contributed by atoms with Gasteiger partial charge in [-0.05, 0) is 40.5 Å². The average molecular weight is 570 g/mol. The number of nitrogens with one attached hydrogen (secondary N) is 2. The lowest BCUT2D eigenvalue weighted by atomic mass is 10.1. The molecule has 0 unspecified atom stereocenters. The zero-order valence-corrected chi connectivity index (χ0v) is 24.8. The highest BCUT2D eigenvalue weighted by atomic mass is 31.2. The predicted molar refractivity (Wildman–Crippen MR) is 149 cm³/mol. The Morgan fingerprint density at radius 3 is 2.46 bits per heavy atom. The van der Waals surface area contributed by atoms with E-state index in [1.807, 2.05) is 6.92 Å². The summed E-state index contributed by atoms with van der Waals surface area (Å²) in [4.78, 5) is 37.7. The lowest BCUT2D eigenvalue weighted by molar-refractivity contribution is -0.149. The van der Waals surface area contributed by atoms with Crippen molar-refractivity contribution < 1.29 is 28.4 Å². The summed E-state index contributed by atoms with van der Waals surface area (Å²) in [5.41, 5.74) is 5.58. The van der Waals surface area contributed by atoms with Crippen LogP contribution in [0.5, 0.6) is 0 Å². The van der Waals surface area contributed by atoms with Gasteiger partial charge in [0, 0.05) is 0 Å². The first kappa shape index (κ1) is 32.6. The third-order valence-corrected chi connectivity index (χ3v) is 8.11. The Kier molecular flexibility index (Phi) is 12.8. The molecule has 220 valence electrons. The molecule has 39 heavy (non-hydrogen) atoms. The van der Waals surface area contributed by atoms with Crippen molar-refractivity contribution in [3.8, 4) is 0 Å². The molecule has 13 nitrogen and oxygen atoms in total. The van der Waals surface area contributed by atoms with E-state index < -0.39 is 37.1 Å².